The van der Waals surface area contributed by atoms with Crippen LogP contribution in [0.25, 0.3) is 38.6 Å². The molecular formula is C26H22FN3O3S. The summed E-state index contributed by atoms with van der Waals surface area (Å²) in [7, 11) is 4.73. The van der Waals surface area contributed by atoms with Crippen LogP contribution in [-0.2, 0) is 0 Å². The summed E-state index contributed by atoms with van der Waals surface area (Å²) in [5.41, 5.74) is 5.57. The largest absolute Gasteiger partial charge is 0.493 e. The van der Waals surface area contributed by atoms with E-state index in [4.69, 9.17) is 24.3 Å². The molecule has 172 valence electrons. The molecule has 3 heterocycles. The summed E-state index contributed by atoms with van der Waals surface area (Å²) in [4.78, 5) is 5.88. The van der Waals surface area contributed by atoms with Crippen LogP contribution in [0.4, 0.5) is 4.39 Å². The SMILES string of the molecule is COc1cc(-c2c(-c3ccc(F)cc3)c(C)nc3cc(-c4cccs4)nn23)cc(OC)c1OC. The summed E-state index contributed by atoms with van der Waals surface area (Å²) in [6, 6.07) is 16.1. The van der Waals surface area contributed by atoms with Crippen LogP contribution < -0.4 is 14.2 Å². The maximum absolute atomic E-state index is 13.7. The fraction of sp³-hybridized carbons (Fsp3) is 0.154. The van der Waals surface area contributed by atoms with E-state index in [0.717, 1.165) is 38.6 Å². The average molecular weight is 476 g/mol. The zero-order valence-corrected chi connectivity index (χ0v) is 19.9. The van der Waals surface area contributed by atoms with E-state index in [1.54, 1.807) is 44.8 Å². The first-order valence-corrected chi connectivity index (χ1v) is 11.4. The number of nitrogens with zero attached hydrogens (tertiary/aromatic N) is 3. The first-order valence-electron chi connectivity index (χ1n) is 10.5. The van der Waals surface area contributed by atoms with Crippen molar-refractivity contribution in [2.75, 3.05) is 21.3 Å². The van der Waals surface area contributed by atoms with E-state index in [1.165, 1.54) is 12.1 Å². The first kappa shape index (κ1) is 21.9. The van der Waals surface area contributed by atoms with Crippen molar-refractivity contribution in [3.05, 3.63) is 71.5 Å². The van der Waals surface area contributed by atoms with Crippen LogP contribution >= 0.6 is 11.3 Å². The second kappa shape index (κ2) is 8.79. The molecule has 0 bridgehead atoms. The second-order valence-electron chi connectivity index (χ2n) is 7.62. The van der Waals surface area contributed by atoms with E-state index in [2.05, 4.69) is 0 Å². The van der Waals surface area contributed by atoms with E-state index in [1.807, 2.05) is 47.2 Å². The Labute approximate surface area is 200 Å². The highest BCUT2D eigenvalue weighted by atomic mass is 32.1. The van der Waals surface area contributed by atoms with Gasteiger partial charge in [0.15, 0.2) is 17.1 Å². The molecule has 0 radical (unpaired) electrons. The van der Waals surface area contributed by atoms with Gasteiger partial charge in [0.05, 0.1) is 31.9 Å². The number of ether oxygens (including phenoxy) is 3. The van der Waals surface area contributed by atoms with Gasteiger partial charge in [-0.15, -0.1) is 11.3 Å². The number of aryl methyl sites for hydroxylation is 1. The monoisotopic (exact) mass is 475 g/mol. The van der Waals surface area contributed by atoms with Gasteiger partial charge in [-0.25, -0.2) is 13.9 Å². The number of benzene rings is 2. The minimum absolute atomic E-state index is 0.302. The summed E-state index contributed by atoms with van der Waals surface area (Å²) in [5.74, 6) is 1.24. The zero-order valence-electron chi connectivity index (χ0n) is 19.1. The van der Waals surface area contributed by atoms with Gasteiger partial charge in [0.1, 0.15) is 11.5 Å². The van der Waals surface area contributed by atoms with Gasteiger partial charge in [0.2, 0.25) is 5.75 Å². The molecule has 5 rings (SSSR count). The van der Waals surface area contributed by atoms with Crippen LogP contribution in [0, 0.1) is 12.7 Å². The normalized spacial score (nSPS) is 11.1. The van der Waals surface area contributed by atoms with Crippen molar-refractivity contribution in [2.24, 2.45) is 0 Å². The van der Waals surface area contributed by atoms with Crippen molar-refractivity contribution < 1.29 is 18.6 Å². The first-order chi connectivity index (χ1) is 16.5. The molecule has 0 saturated carbocycles. The molecule has 0 aliphatic carbocycles. The maximum atomic E-state index is 13.7. The molecule has 0 aliphatic rings. The maximum Gasteiger partial charge on any atom is 0.203 e. The quantitative estimate of drug-likeness (QED) is 0.290. The Bertz CT molecular complexity index is 1450. The van der Waals surface area contributed by atoms with Crippen molar-refractivity contribution in [1.82, 2.24) is 14.6 Å². The van der Waals surface area contributed by atoms with Crippen LogP contribution in [-0.4, -0.2) is 35.9 Å². The Balaban J connectivity index is 1.88. The highest BCUT2D eigenvalue weighted by molar-refractivity contribution is 7.13. The number of methoxy groups -OCH3 is 3. The van der Waals surface area contributed by atoms with Crippen LogP contribution in [0.2, 0.25) is 0 Å². The lowest BCUT2D eigenvalue weighted by molar-refractivity contribution is 0.324. The van der Waals surface area contributed by atoms with Crippen molar-refractivity contribution in [1.29, 1.82) is 0 Å². The molecule has 5 aromatic rings. The van der Waals surface area contributed by atoms with Crippen molar-refractivity contribution in [3.8, 4) is 50.2 Å². The third-order valence-electron chi connectivity index (χ3n) is 5.63. The lowest BCUT2D eigenvalue weighted by atomic mass is 9.97. The van der Waals surface area contributed by atoms with E-state index < -0.39 is 0 Å². The van der Waals surface area contributed by atoms with Crippen LogP contribution in [0.15, 0.2) is 60.0 Å². The van der Waals surface area contributed by atoms with Gasteiger partial charge in [-0.1, -0.05) is 18.2 Å². The van der Waals surface area contributed by atoms with Crippen LogP contribution in [0.5, 0.6) is 17.2 Å². The molecule has 0 atom stereocenters. The summed E-state index contributed by atoms with van der Waals surface area (Å²) in [6.07, 6.45) is 0. The Hall–Kier alpha value is -3.91. The van der Waals surface area contributed by atoms with Crippen molar-refractivity contribution in [3.63, 3.8) is 0 Å². The van der Waals surface area contributed by atoms with Crippen molar-refractivity contribution >= 4 is 17.0 Å². The van der Waals surface area contributed by atoms with Gasteiger partial charge in [-0.3, -0.25) is 0 Å². The number of rotatable bonds is 6. The van der Waals surface area contributed by atoms with E-state index in [-0.39, 0.29) is 5.82 Å². The highest BCUT2D eigenvalue weighted by Crippen LogP contribution is 2.44. The Morgan fingerprint density at radius 2 is 1.59 bits per heavy atom. The summed E-state index contributed by atoms with van der Waals surface area (Å²) in [6.45, 7) is 1.94. The minimum Gasteiger partial charge on any atom is -0.493 e. The molecule has 2 aromatic carbocycles. The molecule has 0 amide bonds. The number of thiophene rings is 1. The number of aromatic nitrogens is 3. The van der Waals surface area contributed by atoms with Crippen LogP contribution in [0.1, 0.15) is 5.69 Å². The zero-order chi connectivity index (χ0) is 23.8. The van der Waals surface area contributed by atoms with Gasteiger partial charge in [-0.05, 0) is 48.2 Å². The molecule has 0 spiro atoms. The molecule has 0 aliphatic heterocycles. The topological polar surface area (TPSA) is 57.9 Å². The minimum atomic E-state index is -0.302. The van der Waals surface area contributed by atoms with Gasteiger partial charge >= 0.3 is 0 Å². The van der Waals surface area contributed by atoms with E-state index in [0.29, 0.717) is 22.9 Å². The predicted molar refractivity (Wildman–Crippen MR) is 132 cm³/mol. The fourth-order valence-electron chi connectivity index (χ4n) is 4.11. The van der Waals surface area contributed by atoms with Gasteiger partial charge in [0.25, 0.3) is 0 Å². The Kier molecular flexibility index (Phi) is 5.67. The second-order valence-corrected chi connectivity index (χ2v) is 8.57. The lowest BCUT2D eigenvalue weighted by Gasteiger charge is -2.18. The van der Waals surface area contributed by atoms with Gasteiger partial charge in [0, 0.05) is 22.9 Å². The number of hydrogen-bond donors (Lipinski definition) is 0. The molecule has 6 nitrogen and oxygen atoms in total. The summed E-state index contributed by atoms with van der Waals surface area (Å²) in [5, 5.41) is 6.92. The molecule has 0 saturated heterocycles. The van der Waals surface area contributed by atoms with E-state index in [9.17, 15) is 4.39 Å². The molecule has 0 unspecified atom stereocenters. The van der Waals surface area contributed by atoms with Gasteiger partial charge < -0.3 is 14.2 Å². The smallest absolute Gasteiger partial charge is 0.203 e. The molecule has 8 heteroatoms. The average Bonchev–Trinajstić information content (AvgIpc) is 3.53. The predicted octanol–water partition coefficient (Wildman–Crippen LogP) is 6.27. The Morgan fingerprint density at radius 1 is 0.882 bits per heavy atom. The lowest BCUT2D eigenvalue weighted by Crippen LogP contribution is -2.04. The molecule has 0 N–H and O–H groups in total. The molecule has 0 fully saturated rings. The number of halogens is 1. The third kappa shape index (κ3) is 3.66. The van der Waals surface area contributed by atoms with Crippen molar-refractivity contribution in [2.45, 2.75) is 6.92 Å². The third-order valence-corrected chi connectivity index (χ3v) is 6.52. The summed E-state index contributed by atoms with van der Waals surface area (Å²) < 4.78 is 32.3. The fourth-order valence-corrected chi connectivity index (χ4v) is 4.79. The number of hydrogen-bond acceptors (Lipinski definition) is 6. The standard InChI is InChI=1S/C26H22FN3O3S/c1-15-24(16-7-9-18(27)10-8-16)25(17-12-20(31-2)26(33-4)21(13-17)32-3)30-23(28-15)14-19(29-30)22-6-5-11-34-22/h5-14H,1-4H3. The highest BCUT2D eigenvalue weighted by Gasteiger charge is 2.22. The molecule has 3 aromatic heterocycles. The van der Waals surface area contributed by atoms with Crippen LogP contribution in [0.3, 0.4) is 0 Å². The number of fused-ring (bicyclic) bond motifs is 1. The Morgan fingerprint density at radius 3 is 2.18 bits per heavy atom. The van der Waals surface area contributed by atoms with Gasteiger partial charge in [-0.2, -0.15) is 5.10 Å². The summed E-state index contributed by atoms with van der Waals surface area (Å²) >= 11 is 1.61. The van der Waals surface area contributed by atoms with E-state index >= 15 is 0 Å². The molecule has 34 heavy (non-hydrogen) atoms. The molecular weight excluding hydrogens is 453 g/mol.